The summed E-state index contributed by atoms with van der Waals surface area (Å²) in [5.41, 5.74) is 0.199. The molecule has 1 heterocycles. The van der Waals surface area contributed by atoms with Crippen molar-refractivity contribution in [3.05, 3.63) is 51.4 Å². The van der Waals surface area contributed by atoms with E-state index in [9.17, 15) is 18.8 Å². The maximum Gasteiger partial charge on any atom is 0.325 e. The van der Waals surface area contributed by atoms with Crippen molar-refractivity contribution in [3.8, 4) is 0 Å². The Hall–Kier alpha value is -2.45. The number of halogens is 2. The maximum atomic E-state index is 12.9. The van der Waals surface area contributed by atoms with E-state index in [1.54, 1.807) is 17.5 Å². The minimum atomic E-state index is -0.764. The van der Waals surface area contributed by atoms with Crippen LogP contribution in [0.15, 0.2) is 35.7 Å². The average Bonchev–Trinajstić information content (AvgIpc) is 3.08. The SMILES string of the molecule is O=C(COC(=O)CNC(=O)c1cccs1)Nc1ccc(F)cc1Cl. The molecule has 0 radical (unpaired) electrons. The summed E-state index contributed by atoms with van der Waals surface area (Å²) in [7, 11) is 0. The molecule has 1 aromatic carbocycles. The molecule has 0 aliphatic rings. The van der Waals surface area contributed by atoms with Gasteiger partial charge in [0.15, 0.2) is 6.61 Å². The molecule has 0 aliphatic carbocycles. The van der Waals surface area contributed by atoms with Crippen LogP contribution in [0.5, 0.6) is 0 Å². The Kier molecular flexibility index (Phi) is 6.28. The molecular weight excluding hydrogens is 359 g/mol. The van der Waals surface area contributed by atoms with Gasteiger partial charge in [-0.2, -0.15) is 0 Å². The fourth-order valence-electron chi connectivity index (χ4n) is 1.62. The highest BCUT2D eigenvalue weighted by atomic mass is 35.5. The number of thiophene rings is 1. The van der Waals surface area contributed by atoms with Gasteiger partial charge in [0.2, 0.25) is 0 Å². The first kappa shape index (κ1) is 17.9. The Balaban J connectivity index is 1.73. The van der Waals surface area contributed by atoms with Crippen molar-refractivity contribution in [2.24, 2.45) is 0 Å². The molecule has 0 saturated carbocycles. The predicted octanol–water partition coefficient (Wildman–Crippen LogP) is 2.45. The summed E-state index contributed by atoms with van der Waals surface area (Å²) in [4.78, 5) is 35.2. The van der Waals surface area contributed by atoms with E-state index in [2.05, 4.69) is 10.6 Å². The monoisotopic (exact) mass is 370 g/mol. The number of nitrogens with one attached hydrogen (secondary N) is 2. The summed E-state index contributed by atoms with van der Waals surface area (Å²) in [6, 6.07) is 6.80. The van der Waals surface area contributed by atoms with Gasteiger partial charge >= 0.3 is 5.97 Å². The van der Waals surface area contributed by atoms with E-state index in [0.29, 0.717) is 4.88 Å². The Morgan fingerprint density at radius 3 is 2.71 bits per heavy atom. The van der Waals surface area contributed by atoms with Gasteiger partial charge in [-0.3, -0.25) is 14.4 Å². The van der Waals surface area contributed by atoms with Crippen molar-refractivity contribution < 1.29 is 23.5 Å². The highest BCUT2D eigenvalue weighted by Gasteiger charge is 2.12. The lowest BCUT2D eigenvalue weighted by atomic mass is 10.3. The second-order valence-corrected chi connectivity index (χ2v) is 5.85. The van der Waals surface area contributed by atoms with Gasteiger partial charge in [-0.05, 0) is 29.6 Å². The Morgan fingerprint density at radius 1 is 1.25 bits per heavy atom. The van der Waals surface area contributed by atoms with Crippen molar-refractivity contribution in [2.45, 2.75) is 0 Å². The Labute approximate surface area is 145 Å². The molecule has 2 N–H and O–H groups in total. The smallest absolute Gasteiger partial charge is 0.325 e. The summed E-state index contributed by atoms with van der Waals surface area (Å²) < 4.78 is 17.6. The van der Waals surface area contributed by atoms with Gasteiger partial charge in [-0.15, -0.1) is 11.3 Å². The minimum Gasteiger partial charge on any atom is -0.454 e. The number of hydrogen-bond donors (Lipinski definition) is 2. The predicted molar refractivity (Wildman–Crippen MR) is 87.7 cm³/mol. The van der Waals surface area contributed by atoms with Crippen molar-refractivity contribution in [3.63, 3.8) is 0 Å². The van der Waals surface area contributed by atoms with Gasteiger partial charge in [0.25, 0.3) is 11.8 Å². The molecule has 2 amide bonds. The third kappa shape index (κ3) is 5.32. The maximum absolute atomic E-state index is 12.9. The topological polar surface area (TPSA) is 84.5 Å². The van der Waals surface area contributed by atoms with E-state index in [1.165, 1.54) is 17.4 Å². The molecular formula is C15H12ClFN2O4S. The third-order valence-electron chi connectivity index (χ3n) is 2.71. The van der Waals surface area contributed by atoms with Crippen LogP contribution in [-0.4, -0.2) is 30.9 Å². The number of benzene rings is 1. The molecule has 6 nitrogen and oxygen atoms in total. The van der Waals surface area contributed by atoms with Crippen LogP contribution < -0.4 is 10.6 Å². The van der Waals surface area contributed by atoms with Gasteiger partial charge in [0.05, 0.1) is 15.6 Å². The fourth-order valence-corrected chi connectivity index (χ4v) is 2.48. The Morgan fingerprint density at radius 2 is 2.04 bits per heavy atom. The number of anilines is 1. The largest absolute Gasteiger partial charge is 0.454 e. The number of esters is 1. The number of rotatable bonds is 6. The lowest BCUT2D eigenvalue weighted by molar-refractivity contribution is -0.146. The molecule has 0 unspecified atom stereocenters. The lowest BCUT2D eigenvalue weighted by Gasteiger charge is -2.08. The molecule has 2 aromatic rings. The second kappa shape index (κ2) is 8.42. The van der Waals surface area contributed by atoms with E-state index < -0.39 is 30.2 Å². The van der Waals surface area contributed by atoms with Crippen LogP contribution in [-0.2, 0) is 14.3 Å². The van der Waals surface area contributed by atoms with Gasteiger partial charge in [-0.1, -0.05) is 17.7 Å². The minimum absolute atomic E-state index is 0.0258. The van der Waals surface area contributed by atoms with Crippen LogP contribution in [0.1, 0.15) is 9.67 Å². The Bertz CT molecular complexity index is 752. The first-order chi connectivity index (χ1) is 11.5. The number of hydrogen-bond acceptors (Lipinski definition) is 5. The summed E-state index contributed by atoms with van der Waals surface area (Å²) in [6.07, 6.45) is 0. The van der Waals surface area contributed by atoms with E-state index >= 15 is 0 Å². The number of amides is 2. The van der Waals surface area contributed by atoms with Crippen molar-refractivity contribution in [1.29, 1.82) is 0 Å². The zero-order valence-corrected chi connectivity index (χ0v) is 13.7. The van der Waals surface area contributed by atoms with Crippen LogP contribution in [0.2, 0.25) is 5.02 Å². The summed E-state index contributed by atoms with van der Waals surface area (Å²) in [5.74, 6) is -2.34. The van der Waals surface area contributed by atoms with Crippen LogP contribution in [0.4, 0.5) is 10.1 Å². The summed E-state index contributed by atoms with van der Waals surface area (Å²) in [5, 5.41) is 6.52. The normalized spacial score (nSPS) is 10.1. The summed E-state index contributed by atoms with van der Waals surface area (Å²) >= 11 is 7.00. The molecule has 0 fully saturated rings. The first-order valence-electron chi connectivity index (χ1n) is 6.68. The number of carbonyl (C=O) groups excluding carboxylic acids is 3. The highest BCUT2D eigenvalue weighted by Crippen LogP contribution is 2.22. The molecule has 0 atom stereocenters. The van der Waals surface area contributed by atoms with E-state index in [4.69, 9.17) is 16.3 Å². The van der Waals surface area contributed by atoms with Crippen LogP contribution in [0.25, 0.3) is 0 Å². The quantitative estimate of drug-likeness (QED) is 0.765. The van der Waals surface area contributed by atoms with E-state index in [-0.39, 0.29) is 17.3 Å². The van der Waals surface area contributed by atoms with Gasteiger partial charge in [-0.25, -0.2) is 4.39 Å². The lowest BCUT2D eigenvalue weighted by Crippen LogP contribution is -2.31. The zero-order valence-electron chi connectivity index (χ0n) is 12.2. The molecule has 9 heteroatoms. The molecule has 24 heavy (non-hydrogen) atoms. The van der Waals surface area contributed by atoms with Crippen molar-refractivity contribution >= 4 is 46.4 Å². The van der Waals surface area contributed by atoms with Crippen LogP contribution in [0.3, 0.4) is 0 Å². The molecule has 0 bridgehead atoms. The molecule has 0 aliphatic heterocycles. The van der Waals surface area contributed by atoms with Gasteiger partial charge in [0, 0.05) is 0 Å². The molecule has 0 saturated heterocycles. The van der Waals surface area contributed by atoms with Crippen molar-refractivity contribution in [1.82, 2.24) is 5.32 Å². The van der Waals surface area contributed by atoms with Crippen LogP contribution in [0, 0.1) is 5.82 Å². The van der Waals surface area contributed by atoms with Gasteiger partial charge < -0.3 is 15.4 Å². The summed E-state index contributed by atoms with van der Waals surface area (Å²) in [6.45, 7) is -0.914. The molecule has 126 valence electrons. The standard InChI is InChI=1S/C15H12ClFN2O4S/c16-10-6-9(17)3-4-11(10)19-13(20)8-23-14(21)7-18-15(22)12-2-1-5-24-12/h1-6H,7-8H2,(H,18,22)(H,19,20). The molecule has 2 rings (SSSR count). The van der Waals surface area contributed by atoms with Crippen LogP contribution >= 0.6 is 22.9 Å². The number of ether oxygens (including phenoxy) is 1. The fraction of sp³-hybridized carbons (Fsp3) is 0.133. The van der Waals surface area contributed by atoms with Crippen molar-refractivity contribution in [2.75, 3.05) is 18.5 Å². The first-order valence-corrected chi connectivity index (χ1v) is 7.93. The van der Waals surface area contributed by atoms with E-state index in [1.807, 2.05) is 0 Å². The highest BCUT2D eigenvalue weighted by molar-refractivity contribution is 7.12. The average molecular weight is 371 g/mol. The van der Waals surface area contributed by atoms with E-state index in [0.717, 1.165) is 12.1 Å². The molecule has 1 aromatic heterocycles. The molecule has 0 spiro atoms. The number of carbonyl (C=O) groups is 3. The third-order valence-corrected chi connectivity index (χ3v) is 3.89. The second-order valence-electron chi connectivity index (χ2n) is 4.49. The van der Waals surface area contributed by atoms with Gasteiger partial charge in [0.1, 0.15) is 12.4 Å². The zero-order chi connectivity index (χ0) is 17.5.